The average molecular weight is 531 g/mol. The number of carboxylic acids is 1. The van der Waals surface area contributed by atoms with Crippen molar-refractivity contribution in [2.45, 2.75) is 64.0 Å². The van der Waals surface area contributed by atoms with Crippen molar-refractivity contribution in [3.8, 4) is 6.07 Å². The SMILES string of the molecule is Cc1ccc(C(=O)C2C(c3sccc3C)C(C(=O)O)N(C(=O)C3CCCCC3)C2c2ccc(C#N)cc2)o1. The minimum absolute atomic E-state index is 0.154. The van der Waals surface area contributed by atoms with Gasteiger partial charge in [0.15, 0.2) is 5.76 Å². The van der Waals surface area contributed by atoms with Gasteiger partial charge in [0.25, 0.3) is 0 Å². The van der Waals surface area contributed by atoms with E-state index in [1.54, 1.807) is 43.3 Å². The van der Waals surface area contributed by atoms with Gasteiger partial charge in [-0.05, 0) is 73.5 Å². The van der Waals surface area contributed by atoms with E-state index in [9.17, 15) is 24.8 Å². The van der Waals surface area contributed by atoms with Crippen LogP contribution in [0.3, 0.4) is 0 Å². The zero-order chi connectivity index (χ0) is 27.0. The third kappa shape index (κ3) is 4.56. The Bertz CT molecular complexity index is 1390. The smallest absolute Gasteiger partial charge is 0.327 e. The molecule has 1 amide bonds. The molecule has 0 radical (unpaired) electrons. The predicted octanol–water partition coefficient (Wildman–Crippen LogP) is 6.03. The van der Waals surface area contributed by atoms with Gasteiger partial charge in [0.05, 0.1) is 23.6 Å². The molecule has 5 rings (SSSR count). The number of nitrogens with zero attached hydrogens (tertiary/aromatic N) is 2. The van der Waals surface area contributed by atoms with Crippen molar-refractivity contribution in [1.29, 1.82) is 5.26 Å². The summed E-state index contributed by atoms with van der Waals surface area (Å²) in [4.78, 5) is 43.7. The van der Waals surface area contributed by atoms with E-state index in [0.717, 1.165) is 29.7 Å². The third-order valence-corrected chi connectivity index (χ3v) is 9.12. The summed E-state index contributed by atoms with van der Waals surface area (Å²) in [5, 5.41) is 21.9. The third-order valence-electron chi connectivity index (χ3n) is 8.00. The van der Waals surface area contributed by atoms with Gasteiger partial charge < -0.3 is 14.4 Å². The fourth-order valence-corrected chi connectivity index (χ4v) is 7.32. The highest BCUT2D eigenvalue weighted by molar-refractivity contribution is 7.10. The van der Waals surface area contributed by atoms with Crippen LogP contribution in [-0.2, 0) is 9.59 Å². The number of rotatable bonds is 6. The number of aryl methyl sites for hydroxylation is 2. The number of carbonyl (C=O) groups is 3. The second-order valence-corrected chi connectivity index (χ2v) is 11.3. The van der Waals surface area contributed by atoms with E-state index < -0.39 is 29.9 Å². The Morgan fingerprint density at radius 2 is 1.74 bits per heavy atom. The van der Waals surface area contributed by atoms with Crippen LogP contribution in [0.15, 0.2) is 52.3 Å². The van der Waals surface area contributed by atoms with Gasteiger partial charge in [-0.3, -0.25) is 9.59 Å². The number of thiophene rings is 1. The lowest BCUT2D eigenvalue weighted by Crippen LogP contribution is -2.46. The maximum atomic E-state index is 14.2. The molecule has 7 nitrogen and oxygen atoms in total. The van der Waals surface area contributed by atoms with Crippen LogP contribution in [0.25, 0.3) is 0 Å². The van der Waals surface area contributed by atoms with E-state index >= 15 is 0 Å². The van der Waals surface area contributed by atoms with E-state index in [1.165, 1.54) is 16.2 Å². The summed E-state index contributed by atoms with van der Waals surface area (Å²) in [6, 6.07) is 12.1. The quantitative estimate of drug-likeness (QED) is 0.390. The largest absolute Gasteiger partial charge is 0.480 e. The number of aliphatic carboxylic acids is 1. The second-order valence-electron chi connectivity index (χ2n) is 10.3. The molecule has 1 aliphatic carbocycles. The number of nitriles is 1. The highest BCUT2D eigenvalue weighted by Gasteiger charge is 2.59. The zero-order valence-electron chi connectivity index (χ0n) is 21.4. The number of benzene rings is 1. The number of furan rings is 1. The van der Waals surface area contributed by atoms with Gasteiger partial charge in [0.2, 0.25) is 11.7 Å². The highest BCUT2D eigenvalue weighted by atomic mass is 32.1. The Hall–Kier alpha value is -3.70. The molecular formula is C30H30N2O5S. The fourth-order valence-electron chi connectivity index (χ4n) is 6.21. The van der Waals surface area contributed by atoms with Crippen molar-refractivity contribution >= 4 is 29.0 Å². The van der Waals surface area contributed by atoms with Crippen LogP contribution in [0.5, 0.6) is 0 Å². The van der Waals surface area contributed by atoms with E-state index in [4.69, 9.17) is 4.42 Å². The fraction of sp³-hybridized carbons (Fsp3) is 0.400. The average Bonchev–Trinajstić information content (AvgIpc) is 3.64. The van der Waals surface area contributed by atoms with Gasteiger partial charge in [-0.15, -0.1) is 11.3 Å². The Labute approximate surface area is 225 Å². The molecule has 2 aromatic heterocycles. The van der Waals surface area contributed by atoms with Crippen molar-refractivity contribution in [2.75, 3.05) is 0 Å². The Kier molecular flexibility index (Phi) is 7.22. The molecule has 8 heteroatoms. The Morgan fingerprint density at radius 1 is 1.03 bits per heavy atom. The molecule has 1 saturated heterocycles. The maximum absolute atomic E-state index is 14.2. The number of ketones is 1. The number of carboxylic acid groups (broad SMARTS) is 1. The monoisotopic (exact) mass is 530 g/mol. The first-order valence-corrected chi connectivity index (χ1v) is 13.9. The zero-order valence-corrected chi connectivity index (χ0v) is 22.2. The molecule has 1 N–H and O–H groups in total. The number of likely N-dealkylation sites (tertiary alicyclic amines) is 1. The molecule has 0 bridgehead atoms. The van der Waals surface area contributed by atoms with E-state index in [1.807, 2.05) is 18.4 Å². The second kappa shape index (κ2) is 10.6. The summed E-state index contributed by atoms with van der Waals surface area (Å²) in [7, 11) is 0. The van der Waals surface area contributed by atoms with Gasteiger partial charge in [-0.2, -0.15) is 5.26 Å². The van der Waals surface area contributed by atoms with Crippen molar-refractivity contribution in [3.05, 3.63) is 80.9 Å². The maximum Gasteiger partial charge on any atom is 0.327 e. The standard InChI is InChI=1S/C30H30N2O5S/c1-17-14-15-38-28(17)24-23(27(33)22-13-8-18(2)37-22)25(20-11-9-19(16-31)10-12-20)32(26(24)30(35)36)29(34)21-6-4-3-5-7-21/h8-15,21,23-26H,3-7H2,1-2H3,(H,35,36). The molecule has 38 heavy (non-hydrogen) atoms. The number of carbonyl (C=O) groups excluding carboxylic acids is 2. The van der Waals surface area contributed by atoms with Crippen molar-refractivity contribution in [1.82, 2.24) is 4.90 Å². The molecule has 1 aliphatic heterocycles. The highest BCUT2D eigenvalue weighted by Crippen LogP contribution is 2.53. The van der Waals surface area contributed by atoms with Crippen LogP contribution >= 0.6 is 11.3 Å². The molecule has 0 spiro atoms. The van der Waals surface area contributed by atoms with Crippen LogP contribution in [0.2, 0.25) is 0 Å². The Balaban J connectivity index is 1.73. The molecule has 4 unspecified atom stereocenters. The van der Waals surface area contributed by atoms with Crippen molar-refractivity contribution < 1.29 is 23.9 Å². The molecule has 196 valence electrons. The summed E-state index contributed by atoms with van der Waals surface area (Å²) >= 11 is 1.41. The van der Waals surface area contributed by atoms with E-state index in [-0.39, 0.29) is 23.4 Å². The lowest BCUT2D eigenvalue weighted by atomic mass is 9.79. The van der Waals surface area contributed by atoms with Crippen molar-refractivity contribution in [2.24, 2.45) is 11.8 Å². The lowest BCUT2D eigenvalue weighted by Gasteiger charge is -2.34. The molecule has 4 atom stereocenters. The summed E-state index contributed by atoms with van der Waals surface area (Å²) < 4.78 is 5.74. The molecule has 2 aliphatic rings. The summed E-state index contributed by atoms with van der Waals surface area (Å²) in [6.07, 6.45) is 4.32. The topological polar surface area (TPSA) is 112 Å². The molecule has 3 aromatic rings. The first kappa shape index (κ1) is 25.9. The first-order valence-electron chi connectivity index (χ1n) is 13.0. The number of hydrogen-bond donors (Lipinski definition) is 1. The van der Waals surface area contributed by atoms with Crippen LogP contribution < -0.4 is 0 Å². The van der Waals surface area contributed by atoms with Crippen LogP contribution in [0.1, 0.15) is 81.9 Å². The van der Waals surface area contributed by atoms with Crippen LogP contribution in [-0.4, -0.2) is 33.7 Å². The van der Waals surface area contributed by atoms with E-state index in [2.05, 4.69) is 6.07 Å². The minimum Gasteiger partial charge on any atom is -0.480 e. The number of Topliss-reactive ketones (excluding diaryl/α,β-unsaturated/α-hetero) is 1. The molecule has 3 heterocycles. The van der Waals surface area contributed by atoms with Crippen LogP contribution in [0.4, 0.5) is 0 Å². The molecule has 2 fully saturated rings. The van der Waals surface area contributed by atoms with Gasteiger partial charge in [-0.25, -0.2) is 4.79 Å². The summed E-state index contributed by atoms with van der Waals surface area (Å²) in [5.41, 5.74) is 1.98. The van der Waals surface area contributed by atoms with Crippen molar-refractivity contribution in [3.63, 3.8) is 0 Å². The summed E-state index contributed by atoms with van der Waals surface area (Å²) in [5.74, 6) is -2.84. The minimum atomic E-state index is -1.22. The number of hydrogen-bond acceptors (Lipinski definition) is 6. The first-order chi connectivity index (χ1) is 18.3. The molecular weight excluding hydrogens is 500 g/mol. The predicted molar refractivity (Wildman–Crippen MR) is 142 cm³/mol. The van der Waals surface area contributed by atoms with Gasteiger partial charge in [0, 0.05) is 16.7 Å². The Morgan fingerprint density at radius 3 is 2.29 bits per heavy atom. The van der Waals surface area contributed by atoms with Crippen LogP contribution in [0, 0.1) is 37.0 Å². The summed E-state index contributed by atoms with van der Waals surface area (Å²) in [6.45, 7) is 3.66. The number of amides is 1. The van der Waals surface area contributed by atoms with Gasteiger partial charge in [0.1, 0.15) is 11.8 Å². The molecule has 1 aromatic carbocycles. The van der Waals surface area contributed by atoms with E-state index in [0.29, 0.717) is 29.7 Å². The normalized spacial score (nSPS) is 23.8. The van der Waals surface area contributed by atoms with Gasteiger partial charge in [-0.1, -0.05) is 31.4 Å². The molecule has 1 saturated carbocycles. The lowest BCUT2D eigenvalue weighted by molar-refractivity contribution is -0.152. The van der Waals surface area contributed by atoms with Gasteiger partial charge >= 0.3 is 5.97 Å².